The number of alkyl halides is 3. The van der Waals surface area contributed by atoms with Gasteiger partial charge in [-0.3, -0.25) is 14.3 Å². The van der Waals surface area contributed by atoms with Crippen LogP contribution in [0.3, 0.4) is 0 Å². The molecule has 3 heterocycles. The van der Waals surface area contributed by atoms with Gasteiger partial charge >= 0.3 is 6.18 Å². The minimum absolute atomic E-state index is 0.0254. The third-order valence-electron chi connectivity index (χ3n) is 8.76. The Morgan fingerprint density at radius 3 is 2.39 bits per heavy atom. The quantitative estimate of drug-likeness (QED) is 0.181. The van der Waals surface area contributed by atoms with Gasteiger partial charge in [0.05, 0.1) is 31.0 Å². The molecular weight excluding hydrogens is 650 g/mol. The number of aliphatic hydroxyl groups is 2. The molecule has 2 aliphatic rings. The number of benzene rings is 2. The van der Waals surface area contributed by atoms with Crippen LogP contribution in [0.15, 0.2) is 48.7 Å². The van der Waals surface area contributed by atoms with Gasteiger partial charge in [-0.1, -0.05) is 0 Å². The van der Waals surface area contributed by atoms with Gasteiger partial charge in [0.1, 0.15) is 40.5 Å². The molecule has 15 heteroatoms. The van der Waals surface area contributed by atoms with Gasteiger partial charge in [-0.05, 0) is 76.1 Å². The van der Waals surface area contributed by atoms with E-state index in [-0.39, 0.29) is 53.1 Å². The summed E-state index contributed by atoms with van der Waals surface area (Å²) in [4.78, 5) is 31.0. The first-order chi connectivity index (χ1) is 22.9. The Morgan fingerprint density at radius 1 is 1.08 bits per heavy atom. The molecule has 2 atom stereocenters. The molecule has 6 rings (SSSR count). The van der Waals surface area contributed by atoms with Gasteiger partial charge in [0, 0.05) is 34.8 Å². The number of ether oxygens (including phenoxy) is 2. The summed E-state index contributed by atoms with van der Waals surface area (Å²) in [5.41, 5.74) is -7.15. The number of hydrogen-bond donors (Lipinski definition) is 4. The zero-order chi connectivity index (χ0) is 35.5. The first-order valence-corrected chi connectivity index (χ1v) is 15.5. The molecule has 0 spiro atoms. The summed E-state index contributed by atoms with van der Waals surface area (Å²) < 4.78 is 71.6. The van der Waals surface area contributed by atoms with Crippen molar-refractivity contribution in [2.45, 2.75) is 62.4 Å². The largest absolute Gasteiger partial charge is 0.494 e. The standard InChI is InChI=1S/C34H35F4N5O6/c1-31(2,46)15-40-30(45)32(3)17-49-28-23(32)13-25(41-27(28)18-5-7-21(35)8-6-18)33(47,34(36,37)38)16-39-29(44)19-11-20-14-43(22-9-10-22)42-26(20)24(12-19)48-4/h5-8,11-14,22,46-47H,9-10,15-17H2,1-4H3,(H,39,44)(H,40,45)/t32-,33?/m0/s1. The first kappa shape index (κ1) is 34.1. The lowest BCUT2D eigenvalue weighted by molar-refractivity contribution is -0.265. The van der Waals surface area contributed by atoms with Gasteiger partial charge < -0.3 is 30.3 Å². The van der Waals surface area contributed by atoms with E-state index in [1.807, 2.05) is 0 Å². The van der Waals surface area contributed by atoms with E-state index in [1.54, 1.807) is 10.9 Å². The molecule has 1 saturated carbocycles. The van der Waals surface area contributed by atoms with Crippen molar-refractivity contribution in [2.75, 3.05) is 26.8 Å². The minimum atomic E-state index is -5.38. The number of rotatable bonds is 10. The molecule has 2 amide bonds. The highest BCUT2D eigenvalue weighted by molar-refractivity contribution is 6.00. The lowest BCUT2D eigenvalue weighted by Crippen LogP contribution is -2.52. The van der Waals surface area contributed by atoms with Crippen molar-refractivity contribution in [3.63, 3.8) is 0 Å². The normalized spacial score (nSPS) is 18.8. The fourth-order valence-electron chi connectivity index (χ4n) is 5.66. The second-order valence-corrected chi connectivity index (χ2v) is 13.4. The highest BCUT2D eigenvalue weighted by atomic mass is 19.4. The number of fused-ring (bicyclic) bond motifs is 2. The van der Waals surface area contributed by atoms with E-state index < -0.39 is 52.7 Å². The van der Waals surface area contributed by atoms with E-state index in [9.17, 15) is 37.4 Å². The van der Waals surface area contributed by atoms with E-state index in [1.165, 1.54) is 52.1 Å². The van der Waals surface area contributed by atoms with Crippen LogP contribution in [-0.4, -0.2) is 75.4 Å². The van der Waals surface area contributed by atoms with E-state index in [0.29, 0.717) is 10.9 Å². The average Bonchev–Trinajstić information content (AvgIpc) is 3.72. The topological polar surface area (TPSA) is 148 Å². The summed E-state index contributed by atoms with van der Waals surface area (Å²) in [6.07, 6.45) is -1.74. The zero-order valence-electron chi connectivity index (χ0n) is 27.1. The van der Waals surface area contributed by atoms with Crippen LogP contribution in [0.1, 0.15) is 61.3 Å². The van der Waals surface area contributed by atoms with Crippen molar-refractivity contribution in [3.8, 4) is 22.8 Å². The van der Waals surface area contributed by atoms with Crippen LogP contribution in [0.4, 0.5) is 17.6 Å². The lowest BCUT2D eigenvalue weighted by Gasteiger charge is -2.32. The van der Waals surface area contributed by atoms with Crippen molar-refractivity contribution >= 4 is 22.7 Å². The predicted molar refractivity (Wildman–Crippen MR) is 169 cm³/mol. The predicted octanol–water partition coefficient (Wildman–Crippen LogP) is 4.30. The summed E-state index contributed by atoms with van der Waals surface area (Å²) in [7, 11) is 1.38. The smallest absolute Gasteiger partial charge is 0.424 e. The van der Waals surface area contributed by atoms with Gasteiger partial charge in [0.2, 0.25) is 11.5 Å². The minimum Gasteiger partial charge on any atom is -0.494 e. The molecule has 0 radical (unpaired) electrons. The Bertz CT molecular complexity index is 1940. The monoisotopic (exact) mass is 685 g/mol. The molecule has 1 unspecified atom stereocenters. The van der Waals surface area contributed by atoms with E-state index >= 15 is 0 Å². The SMILES string of the molecule is COc1cc(C(=O)NCC(O)(c2cc3c(c(-c4ccc(F)cc4)n2)OC[C@]3(C)C(=O)NCC(C)(C)O)C(F)(F)F)cc2cn(C3CC3)nc12. The van der Waals surface area contributed by atoms with E-state index in [2.05, 4.69) is 20.7 Å². The Kier molecular flexibility index (Phi) is 8.34. The molecule has 4 aromatic rings. The molecule has 0 bridgehead atoms. The Balaban J connectivity index is 1.39. The van der Waals surface area contributed by atoms with Crippen LogP contribution in [-0.2, 0) is 15.8 Å². The van der Waals surface area contributed by atoms with Crippen LogP contribution in [0.25, 0.3) is 22.2 Å². The molecule has 11 nitrogen and oxygen atoms in total. The molecule has 4 N–H and O–H groups in total. The molecule has 2 aromatic carbocycles. The molecule has 260 valence electrons. The molecular formula is C34H35F4N5O6. The zero-order valence-corrected chi connectivity index (χ0v) is 27.1. The van der Waals surface area contributed by atoms with Crippen LogP contribution in [0.2, 0.25) is 0 Å². The van der Waals surface area contributed by atoms with Crippen LogP contribution >= 0.6 is 0 Å². The van der Waals surface area contributed by atoms with Gasteiger partial charge in [0.15, 0.2) is 0 Å². The van der Waals surface area contributed by atoms with E-state index in [4.69, 9.17) is 9.47 Å². The highest BCUT2D eigenvalue weighted by Crippen LogP contribution is 2.48. The number of hydrogen-bond acceptors (Lipinski definition) is 8. The third-order valence-corrected chi connectivity index (χ3v) is 8.76. The maximum absolute atomic E-state index is 14.9. The highest BCUT2D eigenvalue weighted by Gasteiger charge is 2.58. The number of carbonyl (C=O) groups excluding carboxylic acids is 2. The first-order valence-electron chi connectivity index (χ1n) is 15.5. The van der Waals surface area contributed by atoms with Gasteiger partial charge in [-0.15, -0.1) is 0 Å². The van der Waals surface area contributed by atoms with Crippen molar-refractivity contribution in [1.29, 1.82) is 0 Å². The number of pyridine rings is 1. The van der Waals surface area contributed by atoms with E-state index in [0.717, 1.165) is 31.0 Å². The van der Waals surface area contributed by atoms with Gasteiger partial charge in [0.25, 0.3) is 5.91 Å². The number of nitrogens with zero attached hydrogens (tertiary/aromatic N) is 3. The second-order valence-electron chi connectivity index (χ2n) is 13.4. The third kappa shape index (κ3) is 6.39. The van der Waals surface area contributed by atoms with Crippen molar-refractivity contribution < 1.29 is 46.8 Å². The summed E-state index contributed by atoms with van der Waals surface area (Å²) >= 11 is 0. The van der Waals surface area contributed by atoms with Gasteiger partial charge in [-0.25, -0.2) is 9.37 Å². The second kappa shape index (κ2) is 12.0. The van der Waals surface area contributed by atoms with Crippen molar-refractivity contribution in [3.05, 3.63) is 71.3 Å². The molecule has 0 saturated heterocycles. The molecule has 1 aliphatic heterocycles. The number of aromatic nitrogens is 3. The number of methoxy groups -OCH3 is 1. The van der Waals surface area contributed by atoms with Crippen molar-refractivity contribution in [2.24, 2.45) is 0 Å². The molecule has 2 aromatic heterocycles. The molecule has 1 fully saturated rings. The fourth-order valence-corrected chi connectivity index (χ4v) is 5.66. The van der Waals surface area contributed by atoms with Gasteiger partial charge in [-0.2, -0.15) is 18.3 Å². The Labute approximate surface area is 278 Å². The Hall–Kier alpha value is -4.76. The Morgan fingerprint density at radius 2 is 1.78 bits per heavy atom. The van der Waals surface area contributed by atoms with Crippen LogP contribution < -0.4 is 20.1 Å². The lowest BCUT2D eigenvalue weighted by atomic mass is 9.81. The molecule has 49 heavy (non-hydrogen) atoms. The summed E-state index contributed by atoms with van der Waals surface area (Å²) in [5, 5.41) is 31.4. The number of amides is 2. The number of nitrogens with one attached hydrogen (secondary N) is 2. The summed E-state index contributed by atoms with van der Waals surface area (Å²) in [6.45, 7) is 2.55. The van der Waals surface area contributed by atoms with Crippen LogP contribution in [0, 0.1) is 5.82 Å². The maximum atomic E-state index is 14.9. The number of carbonyl (C=O) groups is 2. The number of halogens is 4. The summed E-state index contributed by atoms with van der Waals surface area (Å²) in [5.74, 6) is -1.98. The average molecular weight is 686 g/mol. The van der Waals surface area contributed by atoms with Crippen LogP contribution in [0.5, 0.6) is 11.5 Å². The fraction of sp³-hybridized carbons (Fsp3) is 0.412. The molecule has 1 aliphatic carbocycles. The maximum Gasteiger partial charge on any atom is 0.424 e. The summed E-state index contributed by atoms with van der Waals surface area (Å²) in [6, 6.07) is 8.70. The van der Waals surface area contributed by atoms with Crippen molar-refractivity contribution in [1.82, 2.24) is 25.4 Å².